The lowest BCUT2D eigenvalue weighted by molar-refractivity contribution is -0.129. The van der Waals surface area contributed by atoms with Gasteiger partial charge in [0.1, 0.15) is 5.75 Å². The maximum absolute atomic E-state index is 12.9. The van der Waals surface area contributed by atoms with Crippen molar-refractivity contribution in [3.05, 3.63) is 65.2 Å². The molecular weight excluding hydrogens is 336 g/mol. The summed E-state index contributed by atoms with van der Waals surface area (Å²) in [6.45, 7) is 4.99. The van der Waals surface area contributed by atoms with Crippen molar-refractivity contribution in [2.45, 2.75) is 19.4 Å². The quantitative estimate of drug-likeness (QED) is 0.834. The Morgan fingerprint density at radius 3 is 2.70 bits per heavy atom. The number of carbonyl (C=O) groups excluding carboxylic acids is 1. The van der Waals surface area contributed by atoms with Gasteiger partial charge in [0.2, 0.25) is 5.91 Å². The maximum Gasteiger partial charge on any atom is 0.227 e. The number of carbonyl (C=O) groups is 1. The number of fused-ring (bicyclic) bond motifs is 1. The number of methoxy groups -OCH3 is 1. The summed E-state index contributed by atoms with van der Waals surface area (Å²) in [6, 6.07) is 16.9. The van der Waals surface area contributed by atoms with Crippen molar-refractivity contribution < 1.29 is 9.53 Å². The Bertz CT molecular complexity index is 835. The van der Waals surface area contributed by atoms with Gasteiger partial charge in [0.15, 0.2) is 0 Å². The number of aryl methyl sites for hydroxylation is 1. The first-order valence-corrected chi connectivity index (χ1v) is 9.73. The minimum Gasteiger partial charge on any atom is -0.497 e. The molecular formula is C23H28N2O2. The van der Waals surface area contributed by atoms with Gasteiger partial charge in [-0.25, -0.2) is 0 Å². The number of hydrogen-bond acceptors (Lipinski definition) is 3. The van der Waals surface area contributed by atoms with Gasteiger partial charge >= 0.3 is 0 Å². The summed E-state index contributed by atoms with van der Waals surface area (Å²) in [7, 11) is 3.88. The molecule has 0 saturated carbocycles. The summed E-state index contributed by atoms with van der Waals surface area (Å²) in [5.41, 5.74) is 3.77. The number of ether oxygens (including phenoxy) is 1. The Hall–Kier alpha value is -2.33. The third-order valence-electron chi connectivity index (χ3n) is 6.24. The molecule has 4 heteroatoms. The van der Waals surface area contributed by atoms with E-state index in [1.807, 2.05) is 24.3 Å². The second-order valence-electron chi connectivity index (χ2n) is 7.99. The Kier molecular flexibility index (Phi) is 4.92. The molecule has 0 bridgehead atoms. The summed E-state index contributed by atoms with van der Waals surface area (Å²) < 4.78 is 5.28. The van der Waals surface area contributed by atoms with Crippen LogP contribution in [0.5, 0.6) is 5.75 Å². The second kappa shape index (κ2) is 7.35. The standard InChI is InChI=1S/C23H28N2O2/c1-16-7-4-5-10-20(16)23-21-15-25(14-18(21)13-24(23)2)22(26)12-17-8-6-9-19(11-17)27-3/h4-11,18,21,23H,12-15H2,1-3H3/t18-,21+,23-/m0/s1. The first-order chi connectivity index (χ1) is 13.1. The monoisotopic (exact) mass is 364 g/mol. The Morgan fingerprint density at radius 1 is 1.11 bits per heavy atom. The third kappa shape index (κ3) is 3.46. The molecule has 1 amide bonds. The molecule has 2 aliphatic heterocycles. The van der Waals surface area contributed by atoms with Gasteiger partial charge in [-0.05, 0) is 48.7 Å². The lowest BCUT2D eigenvalue weighted by atomic mass is 9.88. The molecule has 3 atom stereocenters. The fourth-order valence-electron chi connectivity index (χ4n) is 4.92. The maximum atomic E-state index is 12.9. The Balaban J connectivity index is 1.48. The molecule has 2 fully saturated rings. The molecule has 0 spiro atoms. The third-order valence-corrected chi connectivity index (χ3v) is 6.24. The molecule has 0 N–H and O–H groups in total. The smallest absolute Gasteiger partial charge is 0.227 e. The molecule has 2 saturated heterocycles. The predicted molar refractivity (Wildman–Crippen MR) is 107 cm³/mol. The predicted octanol–water partition coefficient (Wildman–Crippen LogP) is 3.31. The summed E-state index contributed by atoms with van der Waals surface area (Å²) in [5, 5.41) is 0. The zero-order valence-electron chi connectivity index (χ0n) is 16.4. The molecule has 0 aromatic heterocycles. The highest BCUT2D eigenvalue weighted by Gasteiger charge is 2.47. The van der Waals surface area contributed by atoms with E-state index < -0.39 is 0 Å². The van der Waals surface area contributed by atoms with E-state index >= 15 is 0 Å². The summed E-state index contributed by atoms with van der Waals surface area (Å²) in [5.74, 6) is 2.11. The fraction of sp³-hybridized carbons (Fsp3) is 0.435. The van der Waals surface area contributed by atoms with Crippen LogP contribution < -0.4 is 4.74 Å². The normalized spacial score (nSPS) is 24.9. The molecule has 0 aliphatic carbocycles. The van der Waals surface area contributed by atoms with Gasteiger partial charge < -0.3 is 9.64 Å². The van der Waals surface area contributed by atoms with Gasteiger partial charge in [0.25, 0.3) is 0 Å². The van der Waals surface area contributed by atoms with Crippen LogP contribution in [0.2, 0.25) is 0 Å². The first kappa shape index (κ1) is 18.1. The lowest BCUT2D eigenvalue weighted by Gasteiger charge is -2.28. The van der Waals surface area contributed by atoms with Crippen LogP contribution in [0.15, 0.2) is 48.5 Å². The van der Waals surface area contributed by atoms with E-state index in [1.165, 1.54) is 11.1 Å². The Morgan fingerprint density at radius 2 is 1.93 bits per heavy atom. The van der Waals surface area contributed by atoms with Crippen LogP contribution in [-0.4, -0.2) is 49.5 Å². The molecule has 0 radical (unpaired) electrons. The topological polar surface area (TPSA) is 32.8 Å². The van der Waals surface area contributed by atoms with Crippen molar-refractivity contribution in [1.82, 2.24) is 9.80 Å². The highest BCUT2D eigenvalue weighted by atomic mass is 16.5. The molecule has 2 aliphatic rings. The van der Waals surface area contributed by atoms with E-state index in [2.05, 4.69) is 48.0 Å². The molecule has 142 valence electrons. The average molecular weight is 364 g/mol. The highest BCUT2D eigenvalue weighted by molar-refractivity contribution is 5.79. The van der Waals surface area contributed by atoms with Crippen LogP contribution in [0, 0.1) is 18.8 Å². The van der Waals surface area contributed by atoms with E-state index in [-0.39, 0.29) is 5.91 Å². The van der Waals surface area contributed by atoms with Crippen molar-refractivity contribution in [2.75, 3.05) is 33.8 Å². The van der Waals surface area contributed by atoms with Crippen molar-refractivity contribution in [3.63, 3.8) is 0 Å². The van der Waals surface area contributed by atoms with E-state index in [4.69, 9.17) is 4.74 Å². The van der Waals surface area contributed by atoms with Crippen molar-refractivity contribution >= 4 is 5.91 Å². The molecule has 2 heterocycles. The summed E-state index contributed by atoms with van der Waals surface area (Å²) in [6.07, 6.45) is 0.446. The van der Waals surface area contributed by atoms with Gasteiger partial charge in [-0.15, -0.1) is 0 Å². The van der Waals surface area contributed by atoms with Gasteiger partial charge in [0.05, 0.1) is 13.5 Å². The molecule has 4 rings (SSSR count). The van der Waals surface area contributed by atoms with Crippen molar-refractivity contribution in [3.8, 4) is 5.75 Å². The largest absolute Gasteiger partial charge is 0.497 e. The molecule has 2 aromatic carbocycles. The van der Waals surface area contributed by atoms with Crippen molar-refractivity contribution in [1.29, 1.82) is 0 Å². The van der Waals surface area contributed by atoms with Crippen LogP contribution in [0.3, 0.4) is 0 Å². The number of hydrogen-bond donors (Lipinski definition) is 0. The fourth-order valence-corrected chi connectivity index (χ4v) is 4.92. The first-order valence-electron chi connectivity index (χ1n) is 9.73. The summed E-state index contributed by atoms with van der Waals surface area (Å²) in [4.78, 5) is 17.5. The SMILES string of the molecule is COc1cccc(CC(=O)N2C[C@@H]3CN(C)[C@@H](c4ccccc4C)[C@@H]3C2)c1. The number of rotatable bonds is 4. The van der Waals surface area contributed by atoms with Crippen LogP contribution in [-0.2, 0) is 11.2 Å². The minimum absolute atomic E-state index is 0.226. The number of likely N-dealkylation sites (tertiary alicyclic amines) is 2. The van der Waals surface area contributed by atoms with Gasteiger partial charge in [-0.3, -0.25) is 9.69 Å². The van der Waals surface area contributed by atoms with Crippen molar-refractivity contribution in [2.24, 2.45) is 11.8 Å². The number of benzene rings is 2. The Labute approximate surface area is 161 Å². The van der Waals surface area contributed by atoms with E-state index in [0.717, 1.165) is 30.9 Å². The van der Waals surface area contributed by atoms with E-state index in [1.54, 1.807) is 7.11 Å². The van der Waals surface area contributed by atoms with Crippen LogP contribution in [0.4, 0.5) is 0 Å². The minimum atomic E-state index is 0.226. The van der Waals surface area contributed by atoms with Crippen LogP contribution >= 0.6 is 0 Å². The lowest BCUT2D eigenvalue weighted by Crippen LogP contribution is -2.34. The zero-order valence-corrected chi connectivity index (χ0v) is 16.4. The summed E-state index contributed by atoms with van der Waals surface area (Å²) >= 11 is 0. The van der Waals surface area contributed by atoms with Gasteiger partial charge in [-0.1, -0.05) is 36.4 Å². The molecule has 27 heavy (non-hydrogen) atoms. The molecule has 0 unspecified atom stereocenters. The second-order valence-corrected chi connectivity index (χ2v) is 7.99. The molecule has 4 nitrogen and oxygen atoms in total. The average Bonchev–Trinajstić information content (AvgIpc) is 3.19. The number of nitrogens with zero attached hydrogens (tertiary/aromatic N) is 2. The van der Waals surface area contributed by atoms with Crippen LogP contribution in [0.25, 0.3) is 0 Å². The highest BCUT2D eigenvalue weighted by Crippen LogP contribution is 2.44. The van der Waals surface area contributed by atoms with E-state index in [9.17, 15) is 4.79 Å². The van der Waals surface area contributed by atoms with E-state index in [0.29, 0.717) is 24.3 Å². The molecule has 2 aromatic rings. The zero-order chi connectivity index (χ0) is 19.0. The van der Waals surface area contributed by atoms with Crippen LogP contribution in [0.1, 0.15) is 22.7 Å². The van der Waals surface area contributed by atoms with Gasteiger partial charge in [-0.2, -0.15) is 0 Å². The van der Waals surface area contributed by atoms with Gasteiger partial charge in [0, 0.05) is 31.6 Å². The number of amides is 1.